The van der Waals surface area contributed by atoms with Crippen LogP contribution < -0.4 is 4.74 Å². The number of hydrogen-bond donors (Lipinski definition) is 1. The molecule has 0 spiro atoms. The van der Waals surface area contributed by atoms with Gasteiger partial charge in [-0.05, 0) is 50.1 Å². The molecule has 1 N–H and O–H groups in total. The van der Waals surface area contributed by atoms with Crippen molar-refractivity contribution in [2.24, 2.45) is 0 Å². The van der Waals surface area contributed by atoms with Crippen LogP contribution >= 0.6 is 23.2 Å². The van der Waals surface area contributed by atoms with Crippen LogP contribution in [0.5, 0.6) is 5.75 Å². The molecule has 2 aliphatic rings. The minimum absolute atomic E-state index is 0.107. The van der Waals surface area contributed by atoms with E-state index < -0.39 is 5.72 Å². The van der Waals surface area contributed by atoms with E-state index in [1.54, 1.807) is 6.07 Å². The van der Waals surface area contributed by atoms with Crippen molar-refractivity contribution < 1.29 is 9.84 Å². The molecule has 1 atom stereocenters. The minimum atomic E-state index is -0.481. The number of nitrogens with zero attached hydrogens (tertiary/aromatic N) is 1. The summed E-state index contributed by atoms with van der Waals surface area (Å²) in [6, 6.07) is 3.60. The third-order valence-electron chi connectivity index (χ3n) is 4.40. The number of ether oxygens (including phenoxy) is 1. The molecule has 5 heteroatoms. The Morgan fingerprint density at radius 2 is 2.14 bits per heavy atom. The molecule has 1 fully saturated rings. The molecular weight excluding hydrogens is 309 g/mol. The molecule has 1 saturated carbocycles. The van der Waals surface area contributed by atoms with Crippen LogP contribution in [-0.2, 0) is 0 Å². The molecule has 1 unspecified atom stereocenters. The van der Waals surface area contributed by atoms with Gasteiger partial charge in [0.1, 0.15) is 5.75 Å². The Morgan fingerprint density at radius 3 is 2.90 bits per heavy atom. The van der Waals surface area contributed by atoms with Gasteiger partial charge < -0.3 is 9.84 Å². The van der Waals surface area contributed by atoms with Gasteiger partial charge in [0.15, 0.2) is 5.72 Å². The van der Waals surface area contributed by atoms with E-state index in [0.717, 1.165) is 31.2 Å². The van der Waals surface area contributed by atoms with Crippen LogP contribution in [0.2, 0.25) is 10.0 Å². The lowest BCUT2D eigenvalue weighted by Crippen LogP contribution is -2.55. The summed E-state index contributed by atoms with van der Waals surface area (Å²) in [4.78, 5) is 2.09. The van der Waals surface area contributed by atoms with Crippen molar-refractivity contribution in [2.75, 3.05) is 20.2 Å². The summed E-state index contributed by atoms with van der Waals surface area (Å²) in [6.45, 7) is 0.675. The van der Waals surface area contributed by atoms with E-state index in [9.17, 15) is 5.11 Å². The fraction of sp³-hybridized carbons (Fsp3) is 0.500. The number of aliphatic hydroxyl groups is 1. The first kappa shape index (κ1) is 15.2. The first-order chi connectivity index (χ1) is 10.1. The molecule has 1 aromatic carbocycles. The van der Waals surface area contributed by atoms with Gasteiger partial charge in [0.2, 0.25) is 0 Å². The second-order valence-corrected chi connectivity index (χ2v) is 6.56. The quantitative estimate of drug-likeness (QED) is 0.911. The van der Waals surface area contributed by atoms with E-state index in [1.807, 2.05) is 13.1 Å². The molecular formula is C16H19Cl2NO2. The maximum atomic E-state index is 9.28. The Labute approximate surface area is 135 Å². The summed E-state index contributed by atoms with van der Waals surface area (Å²) in [5.74, 6) is 0.691. The van der Waals surface area contributed by atoms with Crippen molar-refractivity contribution in [2.45, 2.75) is 31.4 Å². The van der Waals surface area contributed by atoms with Crippen molar-refractivity contribution in [1.29, 1.82) is 0 Å². The normalized spacial score (nSPS) is 24.1. The SMILES string of the molecule is CN(CCO)C12CCCCC1=Cc1cc(Cl)cc(Cl)c1O2. The van der Waals surface area contributed by atoms with E-state index in [4.69, 9.17) is 27.9 Å². The molecule has 1 aliphatic heterocycles. The average Bonchev–Trinajstić information content (AvgIpc) is 2.45. The number of fused-ring (bicyclic) bond motifs is 2. The van der Waals surface area contributed by atoms with Gasteiger partial charge in [-0.25, -0.2) is 0 Å². The third-order valence-corrected chi connectivity index (χ3v) is 4.90. The zero-order valence-corrected chi connectivity index (χ0v) is 13.5. The van der Waals surface area contributed by atoms with Crippen molar-refractivity contribution in [3.63, 3.8) is 0 Å². The molecule has 114 valence electrons. The average molecular weight is 328 g/mol. The number of halogens is 2. The predicted octanol–water partition coefficient (Wildman–Crippen LogP) is 3.96. The number of benzene rings is 1. The van der Waals surface area contributed by atoms with E-state index in [-0.39, 0.29) is 6.61 Å². The highest BCUT2D eigenvalue weighted by Crippen LogP contribution is 2.48. The van der Waals surface area contributed by atoms with Crippen molar-refractivity contribution >= 4 is 29.3 Å². The van der Waals surface area contributed by atoms with Crippen molar-refractivity contribution in [1.82, 2.24) is 4.90 Å². The van der Waals surface area contributed by atoms with E-state index in [0.29, 0.717) is 22.3 Å². The number of likely N-dealkylation sites (N-methyl/N-ethyl adjacent to an activating group) is 1. The molecule has 1 heterocycles. The highest BCUT2D eigenvalue weighted by Gasteiger charge is 2.45. The molecule has 3 nitrogen and oxygen atoms in total. The van der Waals surface area contributed by atoms with Gasteiger partial charge in [0.05, 0.1) is 11.6 Å². The zero-order valence-electron chi connectivity index (χ0n) is 12.0. The molecule has 1 aromatic rings. The number of aliphatic hydroxyl groups excluding tert-OH is 1. The molecule has 3 rings (SSSR count). The van der Waals surface area contributed by atoms with Crippen molar-refractivity contribution in [3.05, 3.63) is 33.3 Å². The second-order valence-electron chi connectivity index (χ2n) is 5.71. The summed E-state index contributed by atoms with van der Waals surface area (Å²) in [6.07, 6.45) is 6.33. The summed E-state index contributed by atoms with van der Waals surface area (Å²) in [5, 5.41) is 10.4. The third kappa shape index (κ3) is 2.57. The van der Waals surface area contributed by atoms with Crippen LogP contribution in [0.3, 0.4) is 0 Å². The fourth-order valence-corrected chi connectivity index (χ4v) is 3.88. The maximum absolute atomic E-state index is 9.28. The lowest BCUT2D eigenvalue weighted by Gasteiger charge is -2.48. The number of rotatable bonds is 3. The van der Waals surface area contributed by atoms with Crippen LogP contribution in [-0.4, -0.2) is 35.9 Å². The number of hydrogen-bond acceptors (Lipinski definition) is 3. The minimum Gasteiger partial charge on any atom is -0.467 e. The Hall–Kier alpha value is -0.740. The van der Waals surface area contributed by atoms with Crippen LogP contribution in [0, 0.1) is 0 Å². The summed E-state index contributed by atoms with van der Waals surface area (Å²) in [5.41, 5.74) is 1.71. The second kappa shape index (κ2) is 5.81. The van der Waals surface area contributed by atoms with Gasteiger partial charge in [-0.1, -0.05) is 23.2 Å². The van der Waals surface area contributed by atoms with Gasteiger partial charge in [0, 0.05) is 23.6 Å². The Bertz CT molecular complexity index is 588. The lowest BCUT2D eigenvalue weighted by atomic mass is 9.82. The molecule has 0 aromatic heterocycles. The summed E-state index contributed by atoms with van der Waals surface area (Å²) in [7, 11) is 1.99. The predicted molar refractivity (Wildman–Crippen MR) is 86.0 cm³/mol. The lowest BCUT2D eigenvalue weighted by molar-refractivity contribution is -0.0646. The van der Waals surface area contributed by atoms with Crippen molar-refractivity contribution in [3.8, 4) is 5.75 Å². The maximum Gasteiger partial charge on any atom is 0.185 e. The molecule has 21 heavy (non-hydrogen) atoms. The van der Waals surface area contributed by atoms with Crippen LogP contribution in [0.25, 0.3) is 6.08 Å². The van der Waals surface area contributed by atoms with Crippen LogP contribution in [0.15, 0.2) is 17.7 Å². The Balaban J connectivity index is 2.09. The standard InChI is InChI=1S/C16H19Cl2NO2/c1-19(6-7-20)16-5-3-2-4-12(16)8-11-9-13(17)10-14(18)15(11)21-16/h8-10,20H,2-7H2,1H3. The first-order valence-corrected chi connectivity index (χ1v) is 8.03. The van der Waals surface area contributed by atoms with E-state index >= 15 is 0 Å². The highest BCUT2D eigenvalue weighted by atomic mass is 35.5. The van der Waals surface area contributed by atoms with Gasteiger partial charge in [-0.15, -0.1) is 0 Å². The van der Waals surface area contributed by atoms with Gasteiger partial charge >= 0.3 is 0 Å². The smallest absolute Gasteiger partial charge is 0.185 e. The Morgan fingerprint density at radius 1 is 1.33 bits per heavy atom. The van der Waals surface area contributed by atoms with E-state index in [1.165, 1.54) is 5.57 Å². The molecule has 0 radical (unpaired) electrons. The monoisotopic (exact) mass is 327 g/mol. The Kier molecular flexibility index (Phi) is 4.19. The van der Waals surface area contributed by atoms with Gasteiger partial charge in [-0.3, -0.25) is 4.90 Å². The largest absolute Gasteiger partial charge is 0.467 e. The molecule has 0 amide bonds. The van der Waals surface area contributed by atoms with Gasteiger partial charge in [-0.2, -0.15) is 0 Å². The molecule has 0 saturated heterocycles. The summed E-state index contributed by atoms with van der Waals surface area (Å²) < 4.78 is 6.38. The highest BCUT2D eigenvalue weighted by molar-refractivity contribution is 6.36. The zero-order chi connectivity index (χ0) is 15.0. The topological polar surface area (TPSA) is 32.7 Å². The van der Waals surface area contributed by atoms with Crippen LogP contribution in [0.4, 0.5) is 0 Å². The van der Waals surface area contributed by atoms with Gasteiger partial charge in [0.25, 0.3) is 0 Å². The fourth-order valence-electron chi connectivity index (χ4n) is 3.33. The molecule has 0 bridgehead atoms. The van der Waals surface area contributed by atoms with Crippen LogP contribution in [0.1, 0.15) is 31.2 Å². The first-order valence-electron chi connectivity index (χ1n) is 7.28. The summed E-state index contributed by atoms with van der Waals surface area (Å²) >= 11 is 12.4. The molecule has 1 aliphatic carbocycles. The van der Waals surface area contributed by atoms with E-state index in [2.05, 4.69) is 11.0 Å².